The summed E-state index contributed by atoms with van der Waals surface area (Å²) in [5, 5.41) is 5.76. The topological polar surface area (TPSA) is 85.9 Å². The normalized spacial score (nSPS) is 10.3. The minimum atomic E-state index is -0.440. The lowest BCUT2D eigenvalue weighted by Crippen LogP contribution is -2.36. The molecule has 0 aliphatic carbocycles. The van der Waals surface area contributed by atoms with Crippen LogP contribution < -0.4 is 15.4 Å². The van der Waals surface area contributed by atoms with Gasteiger partial charge >= 0.3 is 0 Å². The van der Waals surface area contributed by atoms with E-state index < -0.39 is 5.91 Å². The van der Waals surface area contributed by atoms with E-state index in [1.54, 1.807) is 13.2 Å². The number of carbonyl (C=O) groups is 2. The molecule has 1 aromatic rings. The molecule has 24 heavy (non-hydrogen) atoms. The molecule has 0 spiro atoms. The fourth-order valence-corrected chi connectivity index (χ4v) is 2.24. The molecule has 134 valence electrons. The zero-order valence-electron chi connectivity index (χ0n) is 13.5. The van der Waals surface area contributed by atoms with Crippen LogP contribution in [0, 0.1) is 0 Å². The molecule has 0 bridgehead atoms. The smallest absolute Gasteiger partial charge is 0.256 e. The fraction of sp³-hybridized carbons (Fsp3) is 0.467. The molecule has 0 aliphatic heterocycles. The Hall–Kier alpha value is -1.54. The number of carbonyl (C=O) groups excluding carboxylic acids is 2. The van der Waals surface area contributed by atoms with E-state index in [9.17, 15) is 9.59 Å². The number of nitrogens with one attached hydrogen (secondary N) is 2. The highest BCUT2D eigenvalue weighted by Gasteiger charge is 2.19. The van der Waals surface area contributed by atoms with Crippen molar-refractivity contribution >= 4 is 35.0 Å². The Morgan fingerprint density at radius 1 is 1.04 bits per heavy atom. The van der Waals surface area contributed by atoms with E-state index in [1.807, 2.05) is 0 Å². The maximum Gasteiger partial charge on any atom is 0.256 e. The maximum atomic E-state index is 12.2. The van der Waals surface area contributed by atoms with Gasteiger partial charge in [-0.3, -0.25) is 9.59 Å². The van der Waals surface area contributed by atoms with Gasteiger partial charge in [-0.1, -0.05) is 23.2 Å². The van der Waals surface area contributed by atoms with Crippen molar-refractivity contribution in [3.63, 3.8) is 0 Å². The largest absolute Gasteiger partial charge is 0.494 e. The van der Waals surface area contributed by atoms with Gasteiger partial charge < -0.3 is 24.8 Å². The van der Waals surface area contributed by atoms with Crippen LogP contribution in [0.25, 0.3) is 0 Å². The molecule has 9 heteroatoms. The maximum absolute atomic E-state index is 12.2. The van der Waals surface area contributed by atoms with Crippen molar-refractivity contribution in [2.75, 3.05) is 47.1 Å². The summed E-state index contributed by atoms with van der Waals surface area (Å²) < 4.78 is 15.0. The van der Waals surface area contributed by atoms with Gasteiger partial charge in [0.25, 0.3) is 5.91 Å². The van der Waals surface area contributed by atoms with Crippen molar-refractivity contribution < 1.29 is 23.8 Å². The summed E-state index contributed by atoms with van der Waals surface area (Å²) in [7, 11) is 2.95. The second kappa shape index (κ2) is 11.1. The molecular formula is C15H20Cl2N2O5. The molecule has 0 saturated heterocycles. The molecule has 2 N–H and O–H groups in total. The third-order valence-corrected chi connectivity index (χ3v) is 3.50. The highest BCUT2D eigenvalue weighted by atomic mass is 35.5. The van der Waals surface area contributed by atoms with E-state index in [1.165, 1.54) is 13.2 Å². The van der Waals surface area contributed by atoms with Gasteiger partial charge in [-0.25, -0.2) is 0 Å². The van der Waals surface area contributed by atoms with Crippen LogP contribution in [0.1, 0.15) is 10.4 Å². The second-order valence-corrected chi connectivity index (χ2v) is 5.40. The first-order chi connectivity index (χ1) is 11.5. The van der Waals surface area contributed by atoms with Crippen molar-refractivity contribution in [1.82, 2.24) is 10.6 Å². The minimum absolute atomic E-state index is 0.0642. The van der Waals surface area contributed by atoms with E-state index in [0.29, 0.717) is 13.2 Å². The molecule has 0 unspecified atom stereocenters. The van der Waals surface area contributed by atoms with Gasteiger partial charge in [-0.15, -0.1) is 0 Å². The van der Waals surface area contributed by atoms with Crippen LogP contribution in [0.15, 0.2) is 12.1 Å². The number of methoxy groups -OCH3 is 2. The van der Waals surface area contributed by atoms with Crippen molar-refractivity contribution in [2.45, 2.75) is 0 Å². The highest BCUT2D eigenvalue weighted by molar-refractivity contribution is 6.37. The Kier molecular flexibility index (Phi) is 9.48. The van der Waals surface area contributed by atoms with Crippen molar-refractivity contribution in [1.29, 1.82) is 0 Å². The van der Waals surface area contributed by atoms with Crippen LogP contribution in [0.4, 0.5) is 0 Å². The SMILES string of the molecule is COCCOCC(=O)NCCNC(=O)c1c(Cl)ccc(Cl)c1OC. The molecule has 2 amide bonds. The van der Waals surface area contributed by atoms with Crippen LogP contribution >= 0.6 is 23.2 Å². The third kappa shape index (κ3) is 6.52. The number of halogens is 2. The van der Waals surface area contributed by atoms with Crippen molar-refractivity contribution in [3.05, 3.63) is 27.7 Å². The molecule has 0 fully saturated rings. The number of hydrogen-bond donors (Lipinski definition) is 2. The highest BCUT2D eigenvalue weighted by Crippen LogP contribution is 2.33. The molecule has 0 saturated carbocycles. The van der Waals surface area contributed by atoms with Gasteiger partial charge in [0.2, 0.25) is 5.91 Å². The molecule has 0 radical (unpaired) electrons. The summed E-state index contributed by atoms with van der Waals surface area (Å²) in [4.78, 5) is 23.7. The lowest BCUT2D eigenvalue weighted by molar-refractivity contribution is -0.126. The van der Waals surface area contributed by atoms with Gasteiger partial charge in [-0.05, 0) is 12.1 Å². The van der Waals surface area contributed by atoms with E-state index in [4.69, 9.17) is 37.4 Å². The summed E-state index contributed by atoms with van der Waals surface area (Å²) >= 11 is 12.0. The summed E-state index contributed by atoms with van der Waals surface area (Å²) in [5.74, 6) is -0.513. The van der Waals surface area contributed by atoms with Gasteiger partial charge in [0.15, 0.2) is 5.75 Å². The van der Waals surface area contributed by atoms with Gasteiger partial charge in [0.05, 0.1) is 30.4 Å². The standard InChI is InChI=1S/C15H20Cl2N2O5/c1-22-7-8-24-9-12(20)18-5-6-19-15(21)13-10(16)3-4-11(17)14(13)23-2/h3-4H,5-9H2,1-2H3,(H,18,20)(H,19,21). The van der Waals surface area contributed by atoms with Crippen LogP contribution in [-0.4, -0.2) is 58.9 Å². The van der Waals surface area contributed by atoms with Crippen LogP contribution in [0.5, 0.6) is 5.75 Å². The Bertz CT molecular complexity index is 569. The van der Waals surface area contributed by atoms with Crippen molar-refractivity contribution in [3.8, 4) is 5.75 Å². The third-order valence-electron chi connectivity index (χ3n) is 2.89. The second-order valence-electron chi connectivity index (χ2n) is 4.59. The predicted octanol–water partition coefficient (Wildman–Crippen LogP) is 1.51. The van der Waals surface area contributed by atoms with Crippen LogP contribution in [0.2, 0.25) is 10.0 Å². The number of rotatable bonds is 10. The number of hydrogen-bond acceptors (Lipinski definition) is 5. The Morgan fingerprint density at radius 3 is 2.38 bits per heavy atom. The number of ether oxygens (including phenoxy) is 3. The molecule has 0 atom stereocenters. The lowest BCUT2D eigenvalue weighted by atomic mass is 10.2. The van der Waals surface area contributed by atoms with E-state index >= 15 is 0 Å². The predicted molar refractivity (Wildman–Crippen MR) is 91.1 cm³/mol. The molecule has 0 aliphatic rings. The minimum Gasteiger partial charge on any atom is -0.494 e. The number of benzene rings is 1. The van der Waals surface area contributed by atoms with Gasteiger partial charge in [0, 0.05) is 20.2 Å². The zero-order chi connectivity index (χ0) is 17.9. The molecular weight excluding hydrogens is 359 g/mol. The Labute approximate surface area is 150 Å². The fourth-order valence-electron chi connectivity index (χ4n) is 1.77. The average Bonchev–Trinajstić information content (AvgIpc) is 2.57. The Balaban J connectivity index is 2.40. The first kappa shape index (κ1) is 20.5. The van der Waals surface area contributed by atoms with E-state index in [-0.39, 0.29) is 47.0 Å². The summed E-state index contributed by atoms with van der Waals surface area (Å²) in [6.45, 7) is 1.16. The molecule has 1 rings (SSSR count). The van der Waals surface area contributed by atoms with Gasteiger partial charge in [0.1, 0.15) is 12.2 Å². The summed E-state index contributed by atoms with van der Waals surface area (Å²) in [6, 6.07) is 3.06. The molecule has 0 heterocycles. The summed E-state index contributed by atoms with van der Waals surface area (Å²) in [5.41, 5.74) is 0.154. The molecule has 1 aromatic carbocycles. The van der Waals surface area contributed by atoms with Crippen LogP contribution in [0.3, 0.4) is 0 Å². The van der Waals surface area contributed by atoms with Crippen molar-refractivity contribution in [2.24, 2.45) is 0 Å². The first-order valence-corrected chi connectivity index (χ1v) is 7.90. The summed E-state index contributed by atoms with van der Waals surface area (Å²) in [6.07, 6.45) is 0. The average molecular weight is 379 g/mol. The zero-order valence-corrected chi connectivity index (χ0v) is 15.0. The Morgan fingerprint density at radius 2 is 1.71 bits per heavy atom. The van der Waals surface area contributed by atoms with E-state index in [0.717, 1.165) is 0 Å². The van der Waals surface area contributed by atoms with E-state index in [2.05, 4.69) is 10.6 Å². The molecule has 0 aromatic heterocycles. The lowest BCUT2D eigenvalue weighted by Gasteiger charge is -2.12. The monoisotopic (exact) mass is 378 g/mol. The quantitative estimate of drug-likeness (QED) is 0.602. The van der Waals surface area contributed by atoms with Gasteiger partial charge in [-0.2, -0.15) is 0 Å². The number of amides is 2. The molecule has 7 nitrogen and oxygen atoms in total. The van der Waals surface area contributed by atoms with Crippen LogP contribution in [-0.2, 0) is 14.3 Å². The first-order valence-electron chi connectivity index (χ1n) is 7.14.